The average molecular weight is 299 g/mol. The number of nitrogens with two attached hydrogens (primary N) is 1. The minimum atomic E-state index is 0.580. The standard InChI is InChI=1S/C10H10IN3/c11-9-6-13-14(7-9)10-3-1-8(5-12)2-4-10/h1-4,6-7H,5,12H2. The van der Waals surface area contributed by atoms with E-state index in [1.54, 1.807) is 0 Å². The minimum absolute atomic E-state index is 0.580. The Hall–Kier alpha value is -0.880. The number of benzene rings is 1. The van der Waals surface area contributed by atoms with Gasteiger partial charge in [0, 0.05) is 12.7 Å². The molecule has 0 amide bonds. The molecule has 1 heterocycles. The molecule has 2 aromatic rings. The zero-order valence-electron chi connectivity index (χ0n) is 7.52. The molecule has 0 saturated carbocycles. The zero-order chi connectivity index (χ0) is 9.97. The van der Waals surface area contributed by atoms with Crippen molar-refractivity contribution in [2.24, 2.45) is 5.73 Å². The first-order valence-corrected chi connectivity index (χ1v) is 5.37. The second kappa shape index (κ2) is 4.10. The largest absolute Gasteiger partial charge is 0.326 e. The maximum Gasteiger partial charge on any atom is 0.0646 e. The molecule has 0 aliphatic heterocycles. The highest BCUT2D eigenvalue weighted by Crippen LogP contribution is 2.10. The third kappa shape index (κ3) is 1.96. The molecule has 14 heavy (non-hydrogen) atoms. The Balaban J connectivity index is 2.33. The zero-order valence-corrected chi connectivity index (χ0v) is 9.68. The molecule has 0 fully saturated rings. The van der Waals surface area contributed by atoms with Crippen molar-refractivity contribution in [3.8, 4) is 5.69 Å². The topological polar surface area (TPSA) is 43.8 Å². The van der Waals surface area contributed by atoms with Gasteiger partial charge in [-0.1, -0.05) is 12.1 Å². The second-order valence-electron chi connectivity index (χ2n) is 2.97. The van der Waals surface area contributed by atoms with Crippen molar-refractivity contribution in [2.75, 3.05) is 0 Å². The Bertz CT molecular complexity index is 419. The molecule has 2 rings (SSSR count). The number of rotatable bonds is 2. The first kappa shape index (κ1) is 9.67. The molecule has 0 saturated heterocycles. The highest BCUT2D eigenvalue weighted by atomic mass is 127. The summed E-state index contributed by atoms with van der Waals surface area (Å²) in [7, 11) is 0. The maximum absolute atomic E-state index is 5.52. The lowest BCUT2D eigenvalue weighted by molar-refractivity contribution is 0.878. The highest BCUT2D eigenvalue weighted by molar-refractivity contribution is 14.1. The quantitative estimate of drug-likeness (QED) is 0.861. The van der Waals surface area contributed by atoms with Gasteiger partial charge in [0.1, 0.15) is 0 Å². The second-order valence-corrected chi connectivity index (χ2v) is 4.22. The molecule has 1 aromatic heterocycles. The van der Waals surface area contributed by atoms with E-state index >= 15 is 0 Å². The molecule has 0 unspecified atom stereocenters. The van der Waals surface area contributed by atoms with Gasteiger partial charge in [0.15, 0.2) is 0 Å². The Labute approximate surface area is 96.1 Å². The van der Waals surface area contributed by atoms with E-state index in [4.69, 9.17) is 5.73 Å². The Kier molecular flexibility index (Phi) is 2.83. The summed E-state index contributed by atoms with van der Waals surface area (Å²) in [6.45, 7) is 0.580. The van der Waals surface area contributed by atoms with Gasteiger partial charge < -0.3 is 5.73 Å². The van der Waals surface area contributed by atoms with E-state index in [0.29, 0.717) is 6.54 Å². The van der Waals surface area contributed by atoms with Crippen LogP contribution in [0.15, 0.2) is 36.7 Å². The van der Waals surface area contributed by atoms with Crippen molar-refractivity contribution in [1.29, 1.82) is 0 Å². The van der Waals surface area contributed by atoms with E-state index in [1.165, 1.54) is 0 Å². The fraction of sp³-hybridized carbons (Fsp3) is 0.100. The summed E-state index contributed by atoms with van der Waals surface area (Å²) in [6, 6.07) is 8.07. The monoisotopic (exact) mass is 299 g/mol. The van der Waals surface area contributed by atoms with Gasteiger partial charge >= 0.3 is 0 Å². The molecule has 0 radical (unpaired) electrons. The average Bonchev–Trinajstić information content (AvgIpc) is 2.65. The first-order valence-electron chi connectivity index (χ1n) is 4.29. The van der Waals surface area contributed by atoms with Crippen LogP contribution in [-0.2, 0) is 6.54 Å². The molecular formula is C10H10IN3. The molecule has 0 spiro atoms. The van der Waals surface area contributed by atoms with E-state index in [-0.39, 0.29) is 0 Å². The lowest BCUT2D eigenvalue weighted by Crippen LogP contribution is -1.98. The summed E-state index contributed by atoms with van der Waals surface area (Å²) >= 11 is 2.24. The number of hydrogen-bond donors (Lipinski definition) is 1. The van der Waals surface area contributed by atoms with Crippen LogP contribution in [0.2, 0.25) is 0 Å². The molecule has 72 valence electrons. The fourth-order valence-corrected chi connectivity index (χ4v) is 1.62. The summed E-state index contributed by atoms with van der Waals surface area (Å²) in [5, 5.41) is 4.22. The first-order chi connectivity index (χ1) is 6.79. The SMILES string of the molecule is NCc1ccc(-n2cc(I)cn2)cc1. The summed E-state index contributed by atoms with van der Waals surface area (Å²) < 4.78 is 2.98. The Morgan fingerprint density at radius 1 is 1.29 bits per heavy atom. The van der Waals surface area contributed by atoms with Crippen molar-refractivity contribution in [2.45, 2.75) is 6.54 Å². The van der Waals surface area contributed by atoms with Crippen LogP contribution in [0, 0.1) is 3.57 Å². The van der Waals surface area contributed by atoms with E-state index in [1.807, 2.05) is 41.3 Å². The van der Waals surface area contributed by atoms with E-state index in [0.717, 1.165) is 14.8 Å². The van der Waals surface area contributed by atoms with Crippen LogP contribution in [0.1, 0.15) is 5.56 Å². The fourth-order valence-electron chi connectivity index (χ4n) is 1.23. The van der Waals surface area contributed by atoms with Crippen molar-refractivity contribution >= 4 is 22.6 Å². The lowest BCUT2D eigenvalue weighted by Gasteiger charge is -2.01. The molecular weight excluding hydrogens is 289 g/mol. The highest BCUT2D eigenvalue weighted by Gasteiger charge is 1.98. The van der Waals surface area contributed by atoms with Crippen molar-refractivity contribution in [3.05, 3.63) is 45.8 Å². The van der Waals surface area contributed by atoms with Crippen LogP contribution < -0.4 is 5.73 Å². The lowest BCUT2D eigenvalue weighted by atomic mass is 10.2. The Morgan fingerprint density at radius 2 is 2.00 bits per heavy atom. The summed E-state index contributed by atoms with van der Waals surface area (Å²) in [4.78, 5) is 0. The van der Waals surface area contributed by atoms with Crippen LogP contribution in [0.5, 0.6) is 0 Å². The molecule has 1 aromatic carbocycles. The molecule has 0 aliphatic carbocycles. The van der Waals surface area contributed by atoms with E-state index < -0.39 is 0 Å². The van der Waals surface area contributed by atoms with Crippen LogP contribution in [0.3, 0.4) is 0 Å². The number of halogens is 1. The van der Waals surface area contributed by atoms with E-state index in [9.17, 15) is 0 Å². The predicted octanol–water partition coefficient (Wildman–Crippen LogP) is 1.94. The van der Waals surface area contributed by atoms with Crippen LogP contribution in [0.4, 0.5) is 0 Å². The van der Waals surface area contributed by atoms with Gasteiger partial charge in [0.2, 0.25) is 0 Å². The third-order valence-corrected chi connectivity index (χ3v) is 2.54. The molecule has 0 aliphatic rings. The van der Waals surface area contributed by atoms with E-state index in [2.05, 4.69) is 27.7 Å². The summed E-state index contributed by atoms with van der Waals surface area (Å²) in [5.41, 5.74) is 7.71. The normalized spacial score (nSPS) is 10.4. The maximum atomic E-state index is 5.52. The number of aromatic nitrogens is 2. The predicted molar refractivity (Wildman–Crippen MR) is 64.2 cm³/mol. The van der Waals surface area contributed by atoms with Crippen LogP contribution >= 0.6 is 22.6 Å². The molecule has 0 bridgehead atoms. The van der Waals surface area contributed by atoms with Gasteiger partial charge in [0.05, 0.1) is 15.5 Å². The number of hydrogen-bond acceptors (Lipinski definition) is 2. The van der Waals surface area contributed by atoms with Gasteiger partial charge in [-0.15, -0.1) is 0 Å². The third-order valence-electron chi connectivity index (χ3n) is 1.99. The molecule has 0 atom stereocenters. The summed E-state index contributed by atoms with van der Waals surface area (Å²) in [5.74, 6) is 0. The van der Waals surface area contributed by atoms with Gasteiger partial charge in [-0.3, -0.25) is 0 Å². The van der Waals surface area contributed by atoms with Crippen LogP contribution in [0.25, 0.3) is 5.69 Å². The van der Waals surface area contributed by atoms with Crippen molar-refractivity contribution in [1.82, 2.24) is 9.78 Å². The molecule has 3 nitrogen and oxygen atoms in total. The van der Waals surface area contributed by atoms with Crippen molar-refractivity contribution < 1.29 is 0 Å². The van der Waals surface area contributed by atoms with Gasteiger partial charge in [-0.2, -0.15) is 5.10 Å². The minimum Gasteiger partial charge on any atom is -0.326 e. The number of nitrogens with zero attached hydrogens (tertiary/aromatic N) is 2. The molecule has 4 heteroatoms. The van der Waals surface area contributed by atoms with Crippen LogP contribution in [-0.4, -0.2) is 9.78 Å². The Morgan fingerprint density at radius 3 is 2.50 bits per heavy atom. The van der Waals surface area contributed by atoms with Gasteiger partial charge in [0.25, 0.3) is 0 Å². The van der Waals surface area contributed by atoms with Gasteiger partial charge in [-0.25, -0.2) is 4.68 Å². The van der Waals surface area contributed by atoms with Crippen molar-refractivity contribution in [3.63, 3.8) is 0 Å². The van der Waals surface area contributed by atoms with Gasteiger partial charge in [-0.05, 0) is 40.3 Å². The smallest absolute Gasteiger partial charge is 0.0646 e. The molecule has 2 N–H and O–H groups in total. The summed E-state index contributed by atoms with van der Waals surface area (Å²) in [6.07, 6.45) is 3.81.